The van der Waals surface area contributed by atoms with Gasteiger partial charge in [0.25, 0.3) is 0 Å². The lowest BCUT2D eigenvalue weighted by Gasteiger charge is -2.06. The highest BCUT2D eigenvalue weighted by Crippen LogP contribution is 2.28. The van der Waals surface area contributed by atoms with Gasteiger partial charge in [0.15, 0.2) is 0 Å². The third kappa shape index (κ3) is 4.71. The van der Waals surface area contributed by atoms with Gasteiger partial charge in [0, 0.05) is 14.2 Å². The Balaban J connectivity index is 1.75. The van der Waals surface area contributed by atoms with E-state index >= 15 is 0 Å². The molecule has 1 aromatic rings. The van der Waals surface area contributed by atoms with E-state index in [1.165, 1.54) is 9.75 Å². The summed E-state index contributed by atoms with van der Waals surface area (Å²) in [6, 6.07) is 2.14. The summed E-state index contributed by atoms with van der Waals surface area (Å²) in [7, 11) is 0. The summed E-state index contributed by atoms with van der Waals surface area (Å²) in [5.41, 5.74) is 0. The quantitative estimate of drug-likeness (QED) is 0.797. The van der Waals surface area contributed by atoms with Crippen LogP contribution >= 0.6 is 27.3 Å². The van der Waals surface area contributed by atoms with Gasteiger partial charge in [-0.25, -0.2) is 0 Å². The number of halogens is 1. The number of hydrogen-bond donors (Lipinski definition) is 2. The largest absolute Gasteiger partial charge is 0.393 e. The fourth-order valence-corrected chi connectivity index (χ4v) is 4.10. The molecule has 1 heterocycles. The van der Waals surface area contributed by atoms with Crippen LogP contribution < -0.4 is 0 Å². The third-order valence-corrected chi connectivity index (χ3v) is 5.84. The van der Waals surface area contributed by atoms with Crippen molar-refractivity contribution >= 4 is 27.3 Å². The molecule has 0 spiro atoms. The zero-order valence-corrected chi connectivity index (χ0v) is 13.6. The first-order valence-electron chi connectivity index (χ1n) is 6.84. The number of rotatable bonds is 5. The lowest BCUT2D eigenvalue weighted by molar-refractivity contribution is 0.180. The highest BCUT2D eigenvalue weighted by Gasteiger charge is 2.20. The van der Waals surface area contributed by atoms with Crippen LogP contribution in [0.1, 0.15) is 35.4 Å². The lowest BCUT2D eigenvalue weighted by Crippen LogP contribution is -2.04. The van der Waals surface area contributed by atoms with Crippen molar-refractivity contribution in [3.05, 3.63) is 32.4 Å². The van der Waals surface area contributed by atoms with Gasteiger partial charge in [0.2, 0.25) is 0 Å². The molecular formula is C15H21BrO2S. The first-order valence-corrected chi connectivity index (χ1v) is 8.45. The van der Waals surface area contributed by atoms with Crippen LogP contribution in [0.3, 0.4) is 0 Å². The molecule has 0 aromatic carbocycles. The minimum absolute atomic E-state index is 0.141. The molecule has 1 fully saturated rings. The Kier molecular flexibility index (Phi) is 5.63. The van der Waals surface area contributed by atoms with Gasteiger partial charge in [0.1, 0.15) is 0 Å². The van der Waals surface area contributed by atoms with Gasteiger partial charge >= 0.3 is 0 Å². The summed E-state index contributed by atoms with van der Waals surface area (Å²) in [4.78, 5) is 2.60. The highest BCUT2D eigenvalue weighted by molar-refractivity contribution is 9.10. The molecule has 0 radical (unpaired) electrons. The first-order chi connectivity index (χ1) is 9.04. The van der Waals surface area contributed by atoms with Gasteiger partial charge in [-0.15, -0.1) is 11.3 Å². The molecule has 0 saturated heterocycles. The molecule has 0 aliphatic heterocycles. The second-order valence-corrected chi connectivity index (χ2v) is 7.53. The minimum atomic E-state index is -0.376. The van der Waals surface area contributed by atoms with Crippen LogP contribution in [0.5, 0.6) is 0 Å². The van der Waals surface area contributed by atoms with Crippen molar-refractivity contribution in [2.24, 2.45) is 5.92 Å². The number of thiophene rings is 1. The molecule has 19 heavy (non-hydrogen) atoms. The molecule has 1 aromatic heterocycles. The smallest absolute Gasteiger partial charge is 0.0724 e. The van der Waals surface area contributed by atoms with E-state index in [4.69, 9.17) is 0 Å². The Morgan fingerprint density at radius 3 is 2.89 bits per heavy atom. The van der Waals surface area contributed by atoms with E-state index in [2.05, 4.69) is 35.0 Å². The molecule has 0 amide bonds. The molecule has 106 valence electrons. The fourth-order valence-electron chi connectivity index (χ4n) is 2.48. The minimum Gasteiger partial charge on any atom is -0.393 e. The standard InChI is InChI=1S/C15H21BrO2S/c1-10-15(16)9-14(19-10)7-6-12(17)4-2-11-3-5-13(18)8-11/h2,4,9,11-13,17-18H,3,5-8H2,1H3/b4-2+/t11-,12+,13?/m0/s1. The fraction of sp³-hybridized carbons (Fsp3) is 0.600. The van der Waals surface area contributed by atoms with Gasteiger partial charge in [-0.05, 0) is 66.9 Å². The van der Waals surface area contributed by atoms with E-state index in [0.717, 1.165) is 36.6 Å². The summed E-state index contributed by atoms with van der Waals surface area (Å²) in [5.74, 6) is 0.447. The maximum atomic E-state index is 9.96. The number of aryl methyl sites for hydroxylation is 2. The maximum absolute atomic E-state index is 9.96. The average molecular weight is 345 g/mol. The lowest BCUT2D eigenvalue weighted by atomic mass is 10.1. The Hall–Kier alpha value is -0.160. The molecule has 3 atom stereocenters. The van der Waals surface area contributed by atoms with Crippen molar-refractivity contribution in [2.75, 3.05) is 0 Å². The SMILES string of the molecule is Cc1sc(CC[C@H](O)/C=C/[C@H]2CCC(O)C2)cc1Br. The molecule has 1 saturated carbocycles. The average Bonchev–Trinajstić information content (AvgIpc) is 2.91. The van der Waals surface area contributed by atoms with Gasteiger partial charge < -0.3 is 10.2 Å². The first kappa shape index (κ1) is 15.2. The summed E-state index contributed by atoms with van der Waals surface area (Å²) in [5, 5.41) is 19.4. The van der Waals surface area contributed by atoms with Crippen LogP contribution in [0.15, 0.2) is 22.7 Å². The Bertz CT molecular complexity index is 422. The zero-order valence-electron chi connectivity index (χ0n) is 11.2. The van der Waals surface area contributed by atoms with Crippen molar-refractivity contribution in [3.63, 3.8) is 0 Å². The van der Waals surface area contributed by atoms with Crippen molar-refractivity contribution in [2.45, 2.75) is 51.2 Å². The molecule has 0 bridgehead atoms. The molecule has 2 nitrogen and oxygen atoms in total. The van der Waals surface area contributed by atoms with Gasteiger partial charge in [-0.1, -0.05) is 12.2 Å². The van der Waals surface area contributed by atoms with Crippen LogP contribution in [0.2, 0.25) is 0 Å². The summed E-state index contributed by atoms with van der Waals surface area (Å²) in [6.07, 6.45) is 7.93. The normalized spacial score (nSPS) is 25.3. The molecular weight excluding hydrogens is 324 g/mol. The maximum Gasteiger partial charge on any atom is 0.0724 e. The predicted molar refractivity (Wildman–Crippen MR) is 83.6 cm³/mol. The molecule has 1 aliphatic carbocycles. The highest BCUT2D eigenvalue weighted by atomic mass is 79.9. The number of aliphatic hydroxyl groups is 2. The van der Waals surface area contributed by atoms with E-state index in [-0.39, 0.29) is 12.2 Å². The number of hydrogen-bond acceptors (Lipinski definition) is 3. The molecule has 4 heteroatoms. The van der Waals surface area contributed by atoms with E-state index in [1.54, 1.807) is 11.3 Å². The summed E-state index contributed by atoms with van der Waals surface area (Å²) < 4.78 is 1.16. The van der Waals surface area contributed by atoms with Gasteiger partial charge in [0.05, 0.1) is 12.2 Å². The van der Waals surface area contributed by atoms with Crippen molar-refractivity contribution in [1.29, 1.82) is 0 Å². The zero-order chi connectivity index (χ0) is 13.8. The third-order valence-electron chi connectivity index (χ3n) is 3.65. The molecule has 2 N–H and O–H groups in total. The Labute approximate surface area is 127 Å². The van der Waals surface area contributed by atoms with E-state index in [1.807, 2.05) is 6.08 Å². The summed E-state index contributed by atoms with van der Waals surface area (Å²) in [6.45, 7) is 2.10. The van der Waals surface area contributed by atoms with Crippen molar-refractivity contribution < 1.29 is 10.2 Å². The molecule has 1 aliphatic rings. The van der Waals surface area contributed by atoms with Crippen molar-refractivity contribution in [3.8, 4) is 0 Å². The van der Waals surface area contributed by atoms with E-state index < -0.39 is 0 Å². The number of allylic oxidation sites excluding steroid dienone is 1. The monoisotopic (exact) mass is 344 g/mol. The second-order valence-electron chi connectivity index (χ2n) is 5.33. The van der Waals surface area contributed by atoms with E-state index in [9.17, 15) is 10.2 Å². The number of aliphatic hydroxyl groups excluding tert-OH is 2. The Morgan fingerprint density at radius 2 is 2.32 bits per heavy atom. The van der Waals surface area contributed by atoms with Gasteiger partial charge in [-0.2, -0.15) is 0 Å². The van der Waals surface area contributed by atoms with E-state index in [0.29, 0.717) is 5.92 Å². The predicted octanol–water partition coefficient (Wildman–Crippen LogP) is 3.83. The van der Waals surface area contributed by atoms with Crippen LogP contribution in [0, 0.1) is 12.8 Å². The topological polar surface area (TPSA) is 40.5 Å². The molecule has 2 rings (SSSR count). The van der Waals surface area contributed by atoms with Crippen LogP contribution in [-0.4, -0.2) is 22.4 Å². The summed E-state index contributed by atoms with van der Waals surface area (Å²) >= 11 is 5.30. The molecule has 1 unspecified atom stereocenters. The second kappa shape index (κ2) is 7.02. The van der Waals surface area contributed by atoms with Crippen molar-refractivity contribution in [1.82, 2.24) is 0 Å². The van der Waals surface area contributed by atoms with Crippen LogP contribution in [0.25, 0.3) is 0 Å². The Morgan fingerprint density at radius 1 is 1.53 bits per heavy atom. The van der Waals surface area contributed by atoms with Crippen LogP contribution in [0.4, 0.5) is 0 Å². The van der Waals surface area contributed by atoms with Crippen LogP contribution in [-0.2, 0) is 6.42 Å². The van der Waals surface area contributed by atoms with Gasteiger partial charge in [-0.3, -0.25) is 0 Å².